The monoisotopic (exact) mass is 328 g/mol. The quantitative estimate of drug-likeness (QED) is 0.694. The summed E-state index contributed by atoms with van der Waals surface area (Å²) in [7, 11) is 0.346. The van der Waals surface area contributed by atoms with Gasteiger partial charge in [-0.3, -0.25) is 8.78 Å². The van der Waals surface area contributed by atoms with E-state index in [1.165, 1.54) is 7.11 Å². The average molecular weight is 328 g/mol. The minimum absolute atomic E-state index is 0.381. The molecule has 6 heteroatoms. The van der Waals surface area contributed by atoms with Gasteiger partial charge in [0.05, 0.1) is 23.7 Å². The number of fused-ring (bicyclic) bond motifs is 1. The standard InChI is InChI=1S/C17H16N2O3S/c1-11-18-15-9-4-12(17(20)22-2)10-16(15)19(11)13-5-7-14(8-6-13)23(3)21/h4-10H,1-3H3. The Morgan fingerprint density at radius 1 is 1.17 bits per heavy atom. The first-order chi connectivity index (χ1) is 11.0. The fourth-order valence-electron chi connectivity index (χ4n) is 2.55. The van der Waals surface area contributed by atoms with Crippen LogP contribution in [0.5, 0.6) is 0 Å². The number of hydrogen-bond donors (Lipinski definition) is 0. The topological polar surface area (TPSA) is 61.2 Å². The molecule has 0 saturated heterocycles. The molecule has 5 nitrogen and oxygen atoms in total. The molecule has 0 aliphatic carbocycles. The van der Waals surface area contributed by atoms with E-state index in [1.54, 1.807) is 24.5 Å². The highest BCUT2D eigenvalue weighted by Crippen LogP contribution is 2.23. The van der Waals surface area contributed by atoms with Crippen LogP contribution in [0.4, 0.5) is 0 Å². The molecule has 0 bridgehead atoms. The molecule has 23 heavy (non-hydrogen) atoms. The first-order valence-corrected chi connectivity index (χ1v) is 8.58. The average Bonchev–Trinajstić information content (AvgIpc) is 2.89. The van der Waals surface area contributed by atoms with E-state index in [0.29, 0.717) is 5.56 Å². The van der Waals surface area contributed by atoms with Crippen LogP contribution in [0.1, 0.15) is 16.2 Å². The van der Waals surface area contributed by atoms with E-state index in [9.17, 15) is 9.00 Å². The van der Waals surface area contributed by atoms with Crippen molar-refractivity contribution in [1.82, 2.24) is 9.55 Å². The Morgan fingerprint density at radius 3 is 2.48 bits per heavy atom. The first-order valence-electron chi connectivity index (χ1n) is 7.02. The van der Waals surface area contributed by atoms with Crippen molar-refractivity contribution >= 4 is 27.8 Å². The lowest BCUT2D eigenvalue weighted by Crippen LogP contribution is -2.02. The van der Waals surface area contributed by atoms with Crippen LogP contribution in [0.3, 0.4) is 0 Å². The van der Waals surface area contributed by atoms with Gasteiger partial charge in [0.25, 0.3) is 0 Å². The summed E-state index contributed by atoms with van der Waals surface area (Å²) >= 11 is 0. The van der Waals surface area contributed by atoms with Crippen LogP contribution in [0.15, 0.2) is 47.4 Å². The number of methoxy groups -OCH3 is 1. The Labute approximate surface area is 136 Å². The Hall–Kier alpha value is -2.47. The third kappa shape index (κ3) is 2.77. The zero-order chi connectivity index (χ0) is 16.6. The summed E-state index contributed by atoms with van der Waals surface area (Å²) < 4.78 is 18.3. The summed E-state index contributed by atoms with van der Waals surface area (Å²) in [4.78, 5) is 17.0. The molecule has 0 radical (unpaired) electrons. The molecule has 0 amide bonds. The second kappa shape index (κ2) is 5.96. The normalized spacial score (nSPS) is 12.3. The van der Waals surface area contributed by atoms with E-state index < -0.39 is 10.8 Å². The van der Waals surface area contributed by atoms with E-state index in [2.05, 4.69) is 4.98 Å². The summed E-state index contributed by atoms with van der Waals surface area (Å²) in [6, 6.07) is 12.7. The first kappa shape index (κ1) is 15.4. The Kier molecular flexibility index (Phi) is 4.00. The van der Waals surface area contributed by atoms with E-state index >= 15 is 0 Å². The number of ether oxygens (including phenoxy) is 1. The lowest BCUT2D eigenvalue weighted by Gasteiger charge is -2.08. The van der Waals surface area contributed by atoms with Crippen molar-refractivity contribution in [2.24, 2.45) is 0 Å². The van der Waals surface area contributed by atoms with Crippen LogP contribution < -0.4 is 0 Å². The van der Waals surface area contributed by atoms with Gasteiger partial charge in [-0.25, -0.2) is 9.78 Å². The highest BCUT2D eigenvalue weighted by Gasteiger charge is 2.13. The summed E-state index contributed by atoms with van der Waals surface area (Å²) in [5.41, 5.74) is 3.02. The Balaban J connectivity index is 2.17. The number of hydrogen-bond acceptors (Lipinski definition) is 4. The predicted molar refractivity (Wildman–Crippen MR) is 89.5 cm³/mol. The van der Waals surface area contributed by atoms with E-state index in [1.807, 2.05) is 35.8 Å². The van der Waals surface area contributed by atoms with E-state index in [-0.39, 0.29) is 5.97 Å². The van der Waals surface area contributed by atoms with Gasteiger partial charge in [0, 0.05) is 27.6 Å². The lowest BCUT2D eigenvalue weighted by atomic mass is 10.2. The van der Waals surface area contributed by atoms with Gasteiger partial charge < -0.3 is 4.74 Å². The van der Waals surface area contributed by atoms with Crippen molar-refractivity contribution in [1.29, 1.82) is 0 Å². The van der Waals surface area contributed by atoms with Crippen LogP contribution in [-0.4, -0.2) is 33.1 Å². The van der Waals surface area contributed by atoms with Crippen LogP contribution in [-0.2, 0) is 15.5 Å². The number of carbonyl (C=O) groups excluding carboxylic acids is 1. The number of carbonyl (C=O) groups is 1. The molecular weight excluding hydrogens is 312 g/mol. The molecule has 3 aromatic rings. The van der Waals surface area contributed by atoms with Crippen LogP contribution >= 0.6 is 0 Å². The molecule has 0 aliphatic rings. The number of esters is 1. The van der Waals surface area contributed by atoms with Crippen molar-refractivity contribution in [3.8, 4) is 5.69 Å². The summed E-state index contributed by atoms with van der Waals surface area (Å²) in [6.07, 6.45) is 1.65. The molecule has 1 aromatic heterocycles. The smallest absolute Gasteiger partial charge is 0.337 e. The second-order valence-electron chi connectivity index (χ2n) is 5.14. The molecule has 2 aromatic carbocycles. The maximum atomic E-state index is 11.7. The number of aryl methyl sites for hydroxylation is 1. The maximum Gasteiger partial charge on any atom is 0.337 e. The van der Waals surface area contributed by atoms with Gasteiger partial charge in [0.2, 0.25) is 0 Å². The van der Waals surface area contributed by atoms with Gasteiger partial charge in [0.1, 0.15) is 5.82 Å². The third-order valence-electron chi connectivity index (χ3n) is 3.67. The molecule has 1 unspecified atom stereocenters. The third-order valence-corrected chi connectivity index (χ3v) is 4.61. The number of aromatic nitrogens is 2. The summed E-state index contributed by atoms with van der Waals surface area (Å²) in [5, 5.41) is 0. The molecular formula is C17H16N2O3S. The number of rotatable bonds is 3. The fraction of sp³-hybridized carbons (Fsp3) is 0.176. The van der Waals surface area contributed by atoms with Gasteiger partial charge in [-0.15, -0.1) is 0 Å². The molecule has 0 N–H and O–H groups in total. The largest absolute Gasteiger partial charge is 0.465 e. The Bertz CT molecular complexity index is 913. The fourth-order valence-corrected chi connectivity index (χ4v) is 3.07. The van der Waals surface area contributed by atoms with Crippen molar-refractivity contribution in [3.63, 3.8) is 0 Å². The maximum absolute atomic E-state index is 11.7. The highest BCUT2D eigenvalue weighted by atomic mass is 32.2. The van der Waals surface area contributed by atoms with Crippen molar-refractivity contribution in [3.05, 3.63) is 53.9 Å². The molecule has 1 heterocycles. The van der Waals surface area contributed by atoms with Crippen molar-refractivity contribution < 1.29 is 13.7 Å². The van der Waals surface area contributed by atoms with Gasteiger partial charge >= 0.3 is 5.97 Å². The number of nitrogens with zero attached hydrogens (tertiary/aromatic N) is 2. The molecule has 0 fully saturated rings. The zero-order valence-corrected chi connectivity index (χ0v) is 13.9. The van der Waals surface area contributed by atoms with Gasteiger partial charge in [-0.05, 0) is 49.4 Å². The minimum Gasteiger partial charge on any atom is -0.465 e. The number of benzene rings is 2. The minimum atomic E-state index is -1.01. The highest BCUT2D eigenvalue weighted by molar-refractivity contribution is 7.84. The molecule has 3 rings (SSSR count). The molecule has 118 valence electrons. The number of imidazole rings is 1. The summed E-state index contributed by atoms with van der Waals surface area (Å²) in [6.45, 7) is 1.91. The van der Waals surface area contributed by atoms with Gasteiger partial charge in [-0.1, -0.05) is 0 Å². The summed E-state index contributed by atoms with van der Waals surface area (Å²) in [5.74, 6) is 0.432. The zero-order valence-electron chi connectivity index (χ0n) is 13.1. The molecule has 1 atom stereocenters. The van der Waals surface area contributed by atoms with Crippen LogP contribution in [0.2, 0.25) is 0 Å². The predicted octanol–water partition coefficient (Wildman–Crippen LogP) is 2.86. The van der Waals surface area contributed by atoms with Gasteiger partial charge in [-0.2, -0.15) is 0 Å². The molecule has 0 aliphatic heterocycles. The SMILES string of the molecule is COC(=O)c1ccc2nc(C)n(-c3ccc(S(C)=O)cc3)c2c1. The molecule has 0 spiro atoms. The van der Waals surface area contributed by atoms with Gasteiger partial charge in [0.15, 0.2) is 0 Å². The van der Waals surface area contributed by atoms with Crippen molar-refractivity contribution in [2.75, 3.05) is 13.4 Å². The van der Waals surface area contributed by atoms with E-state index in [4.69, 9.17) is 4.74 Å². The lowest BCUT2D eigenvalue weighted by molar-refractivity contribution is 0.0601. The van der Waals surface area contributed by atoms with Crippen LogP contribution in [0, 0.1) is 6.92 Å². The molecule has 0 saturated carbocycles. The Morgan fingerprint density at radius 2 is 1.87 bits per heavy atom. The van der Waals surface area contributed by atoms with E-state index in [0.717, 1.165) is 27.4 Å². The van der Waals surface area contributed by atoms with Crippen LogP contribution in [0.25, 0.3) is 16.7 Å². The van der Waals surface area contributed by atoms with Crippen molar-refractivity contribution in [2.45, 2.75) is 11.8 Å². The second-order valence-corrected chi connectivity index (χ2v) is 6.52.